The van der Waals surface area contributed by atoms with E-state index in [-0.39, 0.29) is 11.6 Å². The first-order chi connectivity index (χ1) is 10.0. The largest absolute Gasteiger partial charge is 0.477 e. The monoisotopic (exact) mass is 285 g/mol. The average Bonchev–Trinajstić information content (AvgIpc) is 2.83. The summed E-state index contributed by atoms with van der Waals surface area (Å²) in [5.41, 5.74) is 2.11. The van der Waals surface area contributed by atoms with Gasteiger partial charge in [0.15, 0.2) is 0 Å². The Hall–Kier alpha value is -2.89. The second kappa shape index (κ2) is 6.04. The summed E-state index contributed by atoms with van der Waals surface area (Å²) in [4.78, 5) is 22.1. The Morgan fingerprint density at radius 1 is 1.38 bits per heavy atom. The maximum atomic E-state index is 11.2. The van der Waals surface area contributed by atoms with Gasteiger partial charge >= 0.3 is 5.97 Å². The van der Waals surface area contributed by atoms with E-state index < -0.39 is 5.97 Å². The van der Waals surface area contributed by atoms with Gasteiger partial charge in [0.05, 0.1) is 12.2 Å². The lowest BCUT2D eigenvalue weighted by Gasteiger charge is -2.02. The van der Waals surface area contributed by atoms with Crippen LogP contribution < -0.4 is 5.32 Å². The van der Waals surface area contributed by atoms with Gasteiger partial charge in [-0.15, -0.1) is 6.58 Å². The molecular weight excluding hydrogens is 270 g/mol. The third kappa shape index (κ3) is 3.36. The highest BCUT2D eigenvalue weighted by Crippen LogP contribution is 2.21. The van der Waals surface area contributed by atoms with Crippen LogP contribution in [0.25, 0.3) is 11.3 Å². The number of aromatic nitrogens is 2. The van der Waals surface area contributed by atoms with Crippen molar-refractivity contribution >= 4 is 17.6 Å². The second-order valence-electron chi connectivity index (χ2n) is 4.45. The fraction of sp³-hybridized carbons (Fsp3) is 0.133. The van der Waals surface area contributed by atoms with Gasteiger partial charge in [0.2, 0.25) is 5.91 Å². The Bertz CT molecular complexity index is 687. The number of benzene rings is 1. The van der Waals surface area contributed by atoms with E-state index in [1.54, 1.807) is 30.3 Å². The number of carbonyl (C=O) groups excluding carboxylic acids is 1. The summed E-state index contributed by atoms with van der Waals surface area (Å²) < 4.78 is 1.38. The molecule has 1 aromatic heterocycles. The number of allylic oxidation sites excluding steroid dienone is 1. The zero-order valence-corrected chi connectivity index (χ0v) is 11.5. The van der Waals surface area contributed by atoms with Gasteiger partial charge < -0.3 is 10.4 Å². The Labute approximate surface area is 121 Å². The SMILES string of the molecule is C=CCn1nc(-c2ccc(NC(C)=O)cc2)cc1C(=O)O. The molecule has 0 bridgehead atoms. The fourth-order valence-electron chi connectivity index (χ4n) is 1.92. The van der Waals surface area contributed by atoms with E-state index in [0.29, 0.717) is 17.9 Å². The van der Waals surface area contributed by atoms with Crippen molar-refractivity contribution < 1.29 is 14.7 Å². The summed E-state index contributed by atoms with van der Waals surface area (Å²) in [5, 5.41) is 16.1. The van der Waals surface area contributed by atoms with Gasteiger partial charge in [0, 0.05) is 18.2 Å². The van der Waals surface area contributed by atoms with Crippen molar-refractivity contribution in [3.63, 3.8) is 0 Å². The van der Waals surface area contributed by atoms with E-state index in [1.807, 2.05) is 0 Å². The van der Waals surface area contributed by atoms with Crippen molar-refractivity contribution in [1.82, 2.24) is 9.78 Å². The third-order valence-electron chi connectivity index (χ3n) is 2.80. The van der Waals surface area contributed by atoms with Crippen LogP contribution >= 0.6 is 0 Å². The van der Waals surface area contributed by atoms with Crippen molar-refractivity contribution in [3.8, 4) is 11.3 Å². The molecular formula is C15H15N3O3. The van der Waals surface area contributed by atoms with Gasteiger partial charge in [-0.25, -0.2) is 4.79 Å². The summed E-state index contributed by atoms with van der Waals surface area (Å²) in [6.07, 6.45) is 1.59. The summed E-state index contributed by atoms with van der Waals surface area (Å²) in [6.45, 7) is 5.34. The van der Waals surface area contributed by atoms with E-state index in [2.05, 4.69) is 17.0 Å². The predicted octanol–water partition coefficient (Wildman–Crippen LogP) is 2.39. The molecule has 0 aliphatic carbocycles. The molecule has 0 radical (unpaired) electrons. The fourth-order valence-corrected chi connectivity index (χ4v) is 1.92. The Morgan fingerprint density at radius 3 is 2.57 bits per heavy atom. The minimum absolute atomic E-state index is 0.107. The molecule has 2 N–H and O–H groups in total. The number of nitrogens with one attached hydrogen (secondary N) is 1. The van der Waals surface area contributed by atoms with Crippen molar-refractivity contribution in [2.24, 2.45) is 0 Å². The van der Waals surface area contributed by atoms with Crippen molar-refractivity contribution in [1.29, 1.82) is 0 Å². The Balaban J connectivity index is 2.33. The van der Waals surface area contributed by atoms with Crippen LogP contribution in [-0.4, -0.2) is 26.8 Å². The lowest BCUT2D eigenvalue weighted by molar-refractivity contribution is -0.114. The van der Waals surface area contributed by atoms with Crippen LogP contribution in [0.4, 0.5) is 5.69 Å². The Morgan fingerprint density at radius 2 is 2.05 bits per heavy atom. The molecule has 0 saturated heterocycles. The molecule has 0 unspecified atom stereocenters. The van der Waals surface area contributed by atoms with Crippen LogP contribution in [-0.2, 0) is 11.3 Å². The van der Waals surface area contributed by atoms with Gasteiger partial charge in [-0.05, 0) is 18.2 Å². The van der Waals surface area contributed by atoms with Crippen molar-refractivity contribution in [2.75, 3.05) is 5.32 Å². The number of anilines is 1. The number of nitrogens with zero attached hydrogens (tertiary/aromatic N) is 2. The summed E-state index contributed by atoms with van der Waals surface area (Å²) >= 11 is 0. The topological polar surface area (TPSA) is 84.2 Å². The number of carbonyl (C=O) groups is 2. The van der Waals surface area contributed by atoms with Gasteiger partial charge in [0.1, 0.15) is 5.69 Å². The van der Waals surface area contributed by atoms with Crippen LogP contribution in [0.2, 0.25) is 0 Å². The first kappa shape index (κ1) is 14.5. The Kier molecular flexibility index (Phi) is 4.18. The van der Waals surface area contributed by atoms with Crippen LogP contribution in [0.15, 0.2) is 43.0 Å². The number of carboxylic acids is 1. The van der Waals surface area contributed by atoms with Gasteiger partial charge in [-0.2, -0.15) is 5.10 Å². The standard InChI is InChI=1S/C15H15N3O3/c1-3-8-18-14(15(20)21)9-13(17-18)11-4-6-12(7-5-11)16-10(2)19/h3-7,9H,1,8H2,2H3,(H,16,19)(H,20,21). The van der Waals surface area contributed by atoms with E-state index >= 15 is 0 Å². The summed E-state index contributed by atoms with van der Waals surface area (Å²) in [5.74, 6) is -1.18. The molecule has 2 aromatic rings. The zero-order chi connectivity index (χ0) is 15.4. The van der Waals surface area contributed by atoms with E-state index in [0.717, 1.165) is 5.56 Å². The maximum Gasteiger partial charge on any atom is 0.354 e. The van der Waals surface area contributed by atoms with E-state index in [1.165, 1.54) is 17.7 Å². The molecule has 6 heteroatoms. The first-order valence-corrected chi connectivity index (χ1v) is 6.31. The molecule has 1 amide bonds. The van der Waals surface area contributed by atoms with Gasteiger partial charge in [-0.3, -0.25) is 9.48 Å². The highest BCUT2D eigenvalue weighted by atomic mass is 16.4. The minimum Gasteiger partial charge on any atom is -0.477 e. The quantitative estimate of drug-likeness (QED) is 0.826. The summed E-state index contributed by atoms with van der Waals surface area (Å²) in [7, 11) is 0. The number of hydrogen-bond acceptors (Lipinski definition) is 3. The van der Waals surface area contributed by atoms with Crippen LogP contribution in [0.5, 0.6) is 0 Å². The molecule has 6 nitrogen and oxygen atoms in total. The highest BCUT2D eigenvalue weighted by Gasteiger charge is 2.14. The predicted molar refractivity (Wildman–Crippen MR) is 79.1 cm³/mol. The maximum absolute atomic E-state index is 11.2. The lowest BCUT2D eigenvalue weighted by atomic mass is 10.1. The number of amides is 1. The normalized spacial score (nSPS) is 10.1. The molecule has 0 saturated carbocycles. The molecule has 0 aliphatic rings. The van der Waals surface area contributed by atoms with E-state index in [9.17, 15) is 9.59 Å². The molecule has 108 valence electrons. The van der Waals surface area contributed by atoms with Crippen LogP contribution in [0, 0.1) is 0 Å². The smallest absolute Gasteiger partial charge is 0.354 e. The molecule has 2 rings (SSSR count). The molecule has 0 spiro atoms. The third-order valence-corrected chi connectivity index (χ3v) is 2.80. The summed E-state index contributed by atoms with van der Waals surface area (Å²) in [6, 6.07) is 8.54. The van der Waals surface area contributed by atoms with Crippen molar-refractivity contribution in [3.05, 3.63) is 48.7 Å². The molecule has 0 fully saturated rings. The number of aromatic carboxylic acids is 1. The minimum atomic E-state index is -1.04. The van der Waals surface area contributed by atoms with Crippen LogP contribution in [0.1, 0.15) is 17.4 Å². The molecule has 0 aliphatic heterocycles. The van der Waals surface area contributed by atoms with Gasteiger partial charge in [-0.1, -0.05) is 18.2 Å². The van der Waals surface area contributed by atoms with Crippen LogP contribution in [0.3, 0.4) is 0 Å². The number of hydrogen-bond donors (Lipinski definition) is 2. The second-order valence-corrected chi connectivity index (χ2v) is 4.45. The van der Waals surface area contributed by atoms with E-state index in [4.69, 9.17) is 5.11 Å². The molecule has 0 atom stereocenters. The van der Waals surface area contributed by atoms with Crippen molar-refractivity contribution in [2.45, 2.75) is 13.5 Å². The zero-order valence-electron chi connectivity index (χ0n) is 11.5. The average molecular weight is 285 g/mol. The first-order valence-electron chi connectivity index (χ1n) is 6.31. The van der Waals surface area contributed by atoms with Gasteiger partial charge in [0.25, 0.3) is 0 Å². The lowest BCUT2D eigenvalue weighted by Crippen LogP contribution is -2.08. The molecule has 1 heterocycles. The highest BCUT2D eigenvalue weighted by molar-refractivity contribution is 5.89. The number of rotatable bonds is 5. The molecule has 21 heavy (non-hydrogen) atoms. The number of carboxylic acid groups (broad SMARTS) is 1. The molecule has 1 aromatic carbocycles.